The van der Waals surface area contributed by atoms with Crippen molar-refractivity contribution in [1.29, 1.82) is 0 Å². The second kappa shape index (κ2) is 6.79. The SMILES string of the molecule is CCOC[C@]12C/C(=C\F)CN1C[C@@H](OCCOC)C2. The van der Waals surface area contributed by atoms with Crippen LogP contribution in [0.5, 0.6) is 0 Å². The Hall–Kier alpha value is -0.490. The Kier molecular flexibility index (Phi) is 5.33. The van der Waals surface area contributed by atoms with Crippen LogP contribution in [0, 0.1) is 0 Å². The van der Waals surface area contributed by atoms with Crippen molar-refractivity contribution in [2.75, 3.05) is 46.6 Å². The molecule has 110 valence electrons. The van der Waals surface area contributed by atoms with Gasteiger partial charge in [-0.1, -0.05) is 0 Å². The zero-order valence-electron chi connectivity index (χ0n) is 11.9. The van der Waals surface area contributed by atoms with Gasteiger partial charge in [0.05, 0.1) is 37.8 Å². The topological polar surface area (TPSA) is 30.9 Å². The van der Waals surface area contributed by atoms with Gasteiger partial charge in [-0.05, 0) is 25.3 Å². The normalized spacial score (nSPS) is 33.2. The van der Waals surface area contributed by atoms with Crippen molar-refractivity contribution in [2.45, 2.75) is 31.4 Å². The van der Waals surface area contributed by atoms with Gasteiger partial charge in [-0.3, -0.25) is 4.90 Å². The van der Waals surface area contributed by atoms with Crippen molar-refractivity contribution >= 4 is 0 Å². The van der Waals surface area contributed by atoms with Gasteiger partial charge in [-0.25, -0.2) is 4.39 Å². The molecule has 0 N–H and O–H groups in total. The van der Waals surface area contributed by atoms with Crippen LogP contribution >= 0.6 is 0 Å². The third-order valence-corrected chi connectivity index (χ3v) is 4.02. The average molecular weight is 273 g/mol. The molecule has 0 saturated carbocycles. The van der Waals surface area contributed by atoms with Crippen LogP contribution < -0.4 is 0 Å². The van der Waals surface area contributed by atoms with Crippen LogP contribution in [0.4, 0.5) is 4.39 Å². The number of rotatable bonds is 7. The molecule has 0 spiro atoms. The molecule has 0 aliphatic carbocycles. The van der Waals surface area contributed by atoms with E-state index < -0.39 is 0 Å². The molecule has 19 heavy (non-hydrogen) atoms. The minimum absolute atomic E-state index is 0.0638. The molecule has 0 aromatic heterocycles. The molecule has 2 fully saturated rings. The molecule has 0 aromatic carbocycles. The van der Waals surface area contributed by atoms with E-state index in [1.54, 1.807) is 7.11 Å². The number of nitrogens with zero attached hydrogens (tertiary/aromatic N) is 1. The highest BCUT2D eigenvalue weighted by molar-refractivity contribution is 5.20. The summed E-state index contributed by atoms with van der Waals surface area (Å²) in [5.74, 6) is 0. The second-order valence-corrected chi connectivity index (χ2v) is 5.38. The molecule has 2 atom stereocenters. The van der Waals surface area contributed by atoms with Gasteiger partial charge in [0.15, 0.2) is 0 Å². The lowest BCUT2D eigenvalue weighted by molar-refractivity contribution is 0.0178. The van der Waals surface area contributed by atoms with Crippen LogP contribution in [-0.2, 0) is 14.2 Å². The molecule has 5 heteroatoms. The Morgan fingerprint density at radius 1 is 1.47 bits per heavy atom. The summed E-state index contributed by atoms with van der Waals surface area (Å²) in [6.07, 6.45) is 2.63. The van der Waals surface area contributed by atoms with Gasteiger partial charge in [-0.2, -0.15) is 0 Å². The lowest BCUT2D eigenvalue weighted by Gasteiger charge is -2.30. The standard InChI is InChI=1S/C14H24FNO3/c1-3-18-11-14-6-12(8-15)9-16(14)10-13(7-14)19-5-4-17-2/h8,13H,3-7,9-11H2,1-2H3/b12-8+/t13-,14+/m0/s1. The molecule has 0 bridgehead atoms. The Balaban J connectivity index is 1.94. The summed E-state index contributed by atoms with van der Waals surface area (Å²) in [5, 5.41) is 0. The monoisotopic (exact) mass is 273 g/mol. The van der Waals surface area contributed by atoms with E-state index >= 15 is 0 Å². The zero-order valence-corrected chi connectivity index (χ0v) is 11.9. The lowest BCUT2D eigenvalue weighted by atomic mass is 9.93. The van der Waals surface area contributed by atoms with Gasteiger partial charge < -0.3 is 14.2 Å². The fourth-order valence-electron chi connectivity index (χ4n) is 3.17. The smallest absolute Gasteiger partial charge is 0.0872 e. The number of methoxy groups -OCH3 is 1. The summed E-state index contributed by atoms with van der Waals surface area (Å²) >= 11 is 0. The number of hydrogen-bond donors (Lipinski definition) is 0. The van der Waals surface area contributed by atoms with Crippen molar-refractivity contribution in [2.24, 2.45) is 0 Å². The summed E-state index contributed by atoms with van der Waals surface area (Å²) in [5.41, 5.74) is 0.807. The van der Waals surface area contributed by atoms with E-state index in [9.17, 15) is 4.39 Å². The molecule has 2 aliphatic rings. The van der Waals surface area contributed by atoms with Crippen LogP contribution in [0.2, 0.25) is 0 Å². The summed E-state index contributed by atoms with van der Waals surface area (Å²) in [4.78, 5) is 2.31. The molecule has 0 amide bonds. The highest BCUT2D eigenvalue weighted by Gasteiger charge is 2.50. The predicted molar refractivity (Wildman–Crippen MR) is 70.8 cm³/mol. The maximum Gasteiger partial charge on any atom is 0.0872 e. The maximum absolute atomic E-state index is 12.8. The largest absolute Gasteiger partial charge is 0.382 e. The third-order valence-electron chi connectivity index (χ3n) is 4.02. The van der Waals surface area contributed by atoms with Crippen molar-refractivity contribution in [3.05, 3.63) is 11.9 Å². The van der Waals surface area contributed by atoms with E-state index in [1.165, 1.54) is 0 Å². The van der Waals surface area contributed by atoms with Gasteiger partial charge in [0.1, 0.15) is 0 Å². The molecule has 0 unspecified atom stereocenters. The molecule has 2 heterocycles. The summed E-state index contributed by atoms with van der Waals surface area (Å²) in [6.45, 7) is 6.13. The first-order valence-electron chi connectivity index (χ1n) is 6.95. The first-order chi connectivity index (χ1) is 9.24. The van der Waals surface area contributed by atoms with E-state index in [4.69, 9.17) is 14.2 Å². The number of halogens is 1. The number of ether oxygens (including phenoxy) is 3. The van der Waals surface area contributed by atoms with Crippen LogP contribution in [-0.4, -0.2) is 63.2 Å². The van der Waals surface area contributed by atoms with Gasteiger partial charge in [-0.15, -0.1) is 0 Å². The van der Waals surface area contributed by atoms with Crippen LogP contribution in [0.1, 0.15) is 19.8 Å². The van der Waals surface area contributed by atoms with E-state index in [2.05, 4.69) is 4.90 Å². The molecule has 2 saturated heterocycles. The van der Waals surface area contributed by atoms with Crippen LogP contribution in [0.15, 0.2) is 11.9 Å². The Bertz CT molecular complexity index is 324. The Labute approximate surface area is 114 Å². The highest BCUT2D eigenvalue weighted by atomic mass is 19.1. The van der Waals surface area contributed by atoms with Crippen molar-refractivity contribution in [3.63, 3.8) is 0 Å². The first kappa shape index (κ1) is 14.9. The van der Waals surface area contributed by atoms with Crippen molar-refractivity contribution in [1.82, 2.24) is 4.90 Å². The predicted octanol–water partition coefficient (Wildman–Crippen LogP) is 1.76. The molecular formula is C14H24FNO3. The van der Waals surface area contributed by atoms with E-state index in [-0.39, 0.29) is 11.6 Å². The molecule has 4 nitrogen and oxygen atoms in total. The summed E-state index contributed by atoms with van der Waals surface area (Å²) < 4.78 is 29.2. The second-order valence-electron chi connectivity index (χ2n) is 5.38. The van der Waals surface area contributed by atoms with Crippen LogP contribution in [0.25, 0.3) is 0 Å². The quantitative estimate of drug-likeness (QED) is 0.661. The van der Waals surface area contributed by atoms with E-state index in [0.29, 0.717) is 33.0 Å². The van der Waals surface area contributed by atoms with Gasteiger partial charge >= 0.3 is 0 Å². The summed E-state index contributed by atoms with van der Waals surface area (Å²) in [6, 6.07) is 0. The number of fused-ring (bicyclic) bond motifs is 1. The van der Waals surface area contributed by atoms with E-state index in [1.807, 2.05) is 6.92 Å². The highest BCUT2D eigenvalue weighted by Crippen LogP contribution is 2.42. The van der Waals surface area contributed by atoms with Gasteiger partial charge in [0.25, 0.3) is 0 Å². The lowest BCUT2D eigenvalue weighted by Crippen LogP contribution is -2.42. The van der Waals surface area contributed by atoms with Gasteiger partial charge in [0, 0.05) is 26.8 Å². The third kappa shape index (κ3) is 3.34. The molecule has 0 aromatic rings. The summed E-state index contributed by atoms with van der Waals surface area (Å²) in [7, 11) is 1.67. The van der Waals surface area contributed by atoms with Gasteiger partial charge in [0.2, 0.25) is 0 Å². The molecule has 2 aliphatic heterocycles. The van der Waals surface area contributed by atoms with E-state index in [0.717, 1.165) is 31.3 Å². The Morgan fingerprint density at radius 2 is 2.32 bits per heavy atom. The minimum atomic E-state index is -0.0638. The van der Waals surface area contributed by atoms with Crippen molar-refractivity contribution < 1.29 is 18.6 Å². The number of hydrogen-bond acceptors (Lipinski definition) is 4. The fraction of sp³-hybridized carbons (Fsp3) is 0.857. The Morgan fingerprint density at radius 3 is 3.00 bits per heavy atom. The maximum atomic E-state index is 12.8. The average Bonchev–Trinajstić information content (AvgIpc) is 2.90. The molecular weight excluding hydrogens is 249 g/mol. The fourth-order valence-corrected chi connectivity index (χ4v) is 3.17. The molecule has 0 radical (unpaired) electrons. The minimum Gasteiger partial charge on any atom is -0.382 e. The zero-order chi connectivity index (χ0) is 13.7. The molecule has 2 rings (SSSR count). The first-order valence-corrected chi connectivity index (χ1v) is 6.95. The van der Waals surface area contributed by atoms with Crippen molar-refractivity contribution in [3.8, 4) is 0 Å². The van der Waals surface area contributed by atoms with Crippen LogP contribution in [0.3, 0.4) is 0 Å².